The van der Waals surface area contributed by atoms with E-state index in [1.807, 2.05) is 0 Å². The van der Waals surface area contributed by atoms with Crippen LogP contribution in [0.25, 0.3) is 0 Å². The van der Waals surface area contributed by atoms with Crippen molar-refractivity contribution < 1.29 is 14.5 Å². The van der Waals surface area contributed by atoms with Gasteiger partial charge in [0.05, 0.1) is 4.92 Å². The zero-order chi connectivity index (χ0) is 16.9. The molecule has 0 aliphatic rings. The van der Waals surface area contributed by atoms with E-state index in [1.165, 1.54) is 24.1 Å². The van der Waals surface area contributed by atoms with Gasteiger partial charge in [-0.3, -0.25) is 19.8 Å². The van der Waals surface area contributed by atoms with Gasteiger partial charge in [0.15, 0.2) is 0 Å². The molecule has 0 atom stereocenters. The average molecular weight is 303 g/mol. The van der Waals surface area contributed by atoms with Crippen molar-refractivity contribution >= 4 is 17.6 Å². The van der Waals surface area contributed by atoms with Crippen LogP contribution < -0.4 is 0 Å². The highest BCUT2D eigenvalue weighted by atomic mass is 16.6. The quantitative estimate of drug-likeness (QED) is 0.484. The molecule has 0 bridgehead atoms. The minimum absolute atomic E-state index is 0.0358. The van der Waals surface area contributed by atoms with Crippen molar-refractivity contribution in [2.75, 3.05) is 20.1 Å². The number of nitro benzene ring substituents is 1. The van der Waals surface area contributed by atoms with Crippen LogP contribution in [0.1, 0.15) is 29.8 Å². The summed E-state index contributed by atoms with van der Waals surface area (Å²) >= 11 is 0. The van der Waals surface area contributed by atoms with E-state index in [4.69, 9.17) is 6.42 Å². The molecule has 1 aromatic carbocycles. The second-order valence-corrected chi connectivity index (χ2v) is 4.45. The monoisotopic (exact) mass is 303 g/mol. The molecule has 0 spiro atoms. The predicted octanol–water partition coefficient (Wildman–Crippen LogP) is 2.11. The van der Waals surface area contributed by atoms with Gasteiger partial charge in [0.25, 0.3) is 11.6 Å². The molecule has 3 amide bonds. The highest BCUT2D eigenvalue weighted by molar-refractivity contribution is 6.04. The zero-order valence-electron chi connectivity index (χ0n) is 12.7. The second-order valence-electron chi connectivity index (χ2n) is 4.45. The summed E-state index contributed by atoms with van der Waals surface area (Å²) in [6.45, 7) is 4.52. The molecule has 116 valence electrons. The van der Waals surface area contributed by atoms with Gasteiger partial charge in [-0.15, -0.1) is 6.42 Å². The largest absolute Gasteiger partial charge is 0.326 e. The smallest absolute Gasteiger partial charge is 0.325 e. The molecule has 0 heterocycles. The number of carbonyl (C=O) groups excluding carboxylic acids is 2. The normalized spacial score (nSPS) is 9.73. The van der Waals surface area contributed by atoms with Crippen molar-refractivity contribution in [1.29, 1.82) is 0 Å². The molecule has 7 heteroatoms. The molecule has 0 saturated heterocycles. The Labute approximate surface area is 128 Å². The number of nitrogens with zero attached hydrogens (tertiary/aromatic N) is 3. The molecule has 0 radical (unpaired) electrons. The Morgan fingerprint density at radius 1 is 1.32 bits per heavy atom. The van der Waals surface area contributed by atoms with Crippen LogP contribution in [0.5, 0.6) is 0 Å². The molecular formula is C15H17N3O4. The van der Waals surface area contributed by atoms with Gasteiger partial charge in [0.2, 0.25) is 0 Å². The van der Waals surface area contributed by atoms with Crippen molar-refractivity contribution in [1.82, 2.24) is 9.80 Å². The number of nitro groups is 1. The van der Waals surface area contributed by atoms with Crippen LogP contribution in [0.15, 0.2) is 18.2 Å². The summed E-state index contributed by atoms with van der Waals surface area (Å²) in [5, 5.41) is 11.0. The van der Waals surface area contributed by atoms with E-state index >= 15 is 0 Å². The van der Waals surface area contributed by atoms with Gasteiger partial charge in [-0.1, -0.05) is 5.92 Å². The van der Waals surface area contributed by atoms with E-state index in [0.29, 0.717) is 13.1 Å². The van der Waals surface area contributed by atoms with E-state index in [2.05, 4.69) is 5.92 Å². The number of hydrogen-bond acceptors (Lipinski definition) is 4. The van der Waals surface area contributed by atoms with E-state index in [-0.39, 0.29) is 16.8 Å². The number of carbonyl (C=O) groups is 2. The first-order chi connectivity index (χ1) is 10.4. The fraction of sp³-hybridized carbons (Fsp3) is 0.333. The van der Waals surface area contributed by atoms with E-state index in [1.54, 1.807) is 13.8 Å². The highest BCUT2D eigenvalue weighted by Gasteiger charge is 2.24. The van der Waals surface area contributed by atoms with Crippen LogP contribution in [0.2, 0.25) is 0 Å². The third-order valence-electron chi connectivity index (χ3n) is 3.22. The lowest BCUT2D eigenvalue weighted by Gasteiger charge is -2.24. The second kappa shape index (κ2) is 7.22. The maximum Gasteiger partial charge on any atom is 0.326 e. The Morgan fingerprint density at radius 3 is 2.36 bits per heavy atom. The predicted molar refractivity (Wildman–Crippen MR) is 81.4 cm³/mol. The van der Waals surface area contributed by atoms with Crippen LogP contribution in [0, 0.1) is 22.5 Å². The molecule has 0 fully saturated rings. The van der Waals surface area contributed by atoms with Gasteiger partial charge in [-0.05, 0) is 26.0 Å². The van der Waals surface area contributed by atoms with Gasteiger partial charge in [0.1, 0.15) is 5.56 Å². The van der Waals surface area contributed by atoms with Gasteiger partial charge < -0.3 is 4.90 Å². The number of urea groups is 1. The summed E-state index contributed by atoms with van der Waals surface area (Å²) in [6, 6.07) is 3.32. The van der Waals surface area contributed by atoms with E-state index in [9.17, 15) is 19.7 Å². The standard InChI is InChI=1S/C15H17N3O4/c1-5-11-8-9-12(10-13(11)18(21)22)14(19)16(4)15(20)17(6-2)7-3/h1,8-10H,6-7H2,2-4H3. The number of benzene rings is 1. The number of terminal acetylenes is 1. The molecule has 1 aromatic rings. The van der Waals surface area contributed by atoms with Gasteiger partial charge >= 0.3 is 6.03 Å². The zero-order valence-corrected chi connectivity index (χ0v) is 12.7. The van der Waals surface area contributed by atoms with Crippen molar-refractivity contribution in [3.63, 3.8) is 0 Å². The van der Waals surface area contributed by atoms with Crippen LogP contribution in [0.3, 0.4) is 0 Å². The molecule has 0 aliphatic carbocycles. The third-order valence-corrected chi connectivity index (χ3v) is 3.22. The number of rotatable bonds is 4. The Bertz CT molecular complexity index is 645. The number of amides is 3. The summed E-state index contributed by atoms with van der Waals surface area (Å²) in [4.78, 5) is 37.1. The number of hydrogen-bond donors (Lipinski definition) is 0. The topological polar surface area (TPSA) is 83.8 Å². The molecule has 0 N–H and O–H groups in total. The Balaban J connectivity index is 3.13. The van der Waals surface area contributed by atoms with Crippen molar-refractivity contribution in [3.05, 3.63) is 39.4 Å². The molecule has 22 heavy (non-hydrogen) atoms. The first-order valence-corrected chi connectivity index (χ1v) is 6.69. The Kier molecular flexibility index (Phi) is 5.64. The lowest BCUT2D eigenvalue weighted by Crippen LogP contribution is -2.43. The molecular weight excluding hydrogens is 286 g/mol. The minimum Gasteiger partial charge on any atom is -0.325 e. The highest BCUT2D eigenvalue weighted by Crippen LogP contribution is 2.20. The van der Waals surface area contributed by atoms with Gasteiger partial charge in [-0.2, -0.15) is 0 Å². The van der Waals surface area contributed by atoms with Crippen LogP contribution in [-0.4, -0.2) is 46.8 Å². The summed E-state index contributed by atoms with van der Waals surface area (Å²) in [5.74, 6) is 1.57. The summed E-state index contributed by atoms with van der Waals surface area (Å²) in [5.41, 5.74) is -0.218. The summed E-state index contributed by atoms with van der Waals surface area (Å²) in [6.07, 6.45) is 5.19. The molecule has 0 aromatic heterocycles. The molecule has 1 rings (SSSR count). The average Bonchev–Trinajstić information content (AvgIpc) is 2.53. The summed E-state index contributed by atoms with van der Waals surface area (Å²) < 4.78 is 0. The maximum atomic E-state index is 12.3. The third kappa shape index (κ3) is 3.41. The van der Waals surface area contributed by atoms with Crippen molar-refractivity contribution in [3.8, 4) is 12.3 Å². The van der Waals surface area contributed by atoms with E-state index in [0.717, 1.165) is 11.0 Å². The minimum atomic E-state index is -0.655. The lowest BCUT2D eigenvalue weighted by molar-refractivity contribution is -0.385. The number of imide groups is 1. The Hall–Kier alpha value is -2.88. The molecule has 0 aliphatic heterocycles. The SMILES string of the molecule is C#Cc1ccc(C(=O)N(C)C(=O)N(CC)CC)cc1[N+](=O)[O-]. The molecule has 0 unspecified atom stereocenters. The first kappa shape index (κ1) is 17.2. The maximum absolute atomic E-state index is 12.3. The van der Waals surface area contributed by atoms with Gasteiger partial charge in [0, 0.05) is 31.8 Å². The van der Waals surface area contributed by atoms with E-state index < -0.39 is 16.9 Å². The van der Waals surface area contributed by atoms with Crippen LogP contribution >= 0.6 is 0 Å². The first-order valence-electron chi connectivity index (χ1n) is 6.69. The van der Waals surface area contributed by atoms with Crippen molar-refractivity contribution in [2.45, 2.75) is 13.8 Å². The fourth-order valence-electron chi connectivity index (χ4n) is 1.92. The van der Waals surface area contributed by atoms with Crippen molar-refractivity contribution in [2.24, 2.45) is 0 Å². The van der Waals surface area contributed by atoms with Crippen LogP contribution in [-0.2, 0) is 0 Å². The molecule has 7 nitrogen and oxygen atoms in total. The lowest BCUT2D eigenvalue weighted by atomic mass is 10.1. The van der Waals surface area contributed by atoms with Crippen LogP contribution in [0.4, 0.5) is 10.5 Å². The molecule has 0 saturated carbocycles. The van der Waals surface area contributed by atoms with Gasteiger partial charge in [-0.25, -0.2) is 4.79 Å². The summed E-state index contributed by atoms with van der Waals surface area (Å²) in [7, 11) is 1.34. The Morgan fingerprint density at radius 2 is 1.91 bits per heavy atom. The fourth-order valence-corrected chi connectivity index (χ4v) is 1.92.